The fraction of sp³-hybridized carbons (Fsp3) is 0.714. The summed E-state index contributed by atoms with van der Waals surface area (Å²) in [5, 5.41) is 8.48. The second kappa shape index (κ2) is 5.79. The van der Waals surface area contributed by atoms with E-state index >= 15 is 0 Å². The maximum atomic E-state index is 8.48. The Morgan fingerprint density at radius 1 is 1.67 bits per heavy atom. The first kappa shape index (κ1) is 8.66. The zero-order valence-electron chi connectivity index (χ0n) is 5.71. The topological polar surface area (TPSA) is 46.2 Å². The van der Waals surface area contributed by atoms with Crippen molar-refractivity contribution in [3.8, 4) is 0 Å². The van der Waals surface area contributed by atoms with Crippen molar-refractivity contribution in [1.29, 1.82) is 0 Å². The van der Waals surface area contributed by atoms with E-state index in [1.807, 2.05) is 6.08 Å². The lowest BCUT2D eigenvalue weighted by atomic mass is 10.1. The van der Waals surface area contributed by atoms with Crippen LogP contribution < -0.4 is 5.73 Å². The molecule has 0 heterocycles. The lowest BCUT2D eigenvalue weighted by Gasteiger charge is -2.04. The summed E-state index contributed by atoms with van der Waals surface area (Å²) in [7, 11) is 0. The number of aliphatic hydroxyl groups excluding tert-OH is 1. The first-order valence-electron chi connectivity index (χ1n) is 3.28. The van der Waals surface area contributed by atoms with Crippen LogP contribution in [0.3, 0.4) is 0 Å². The van der Waals surface area contributed by atoms with Crippen LogP contribution in [0, 0.1) is 0 Å². The second-order valence-electron chi connectivity index (χ2n) is 2.16. The number of unbranched alkanes of at least 4 members (excludes halogenated alkanes) is 1. The molecule has 3 N–H and O–H groups in total. The Hall–Kier alpha value is -0.340. The lowest BCUT2D eigenvalue weighted by molar-refractivity contribution is 0.258. The molecule has 0 aliphatic rings. The molecule has 54 valence electrons. The summed E-state index contributed by atoms with van der Waals surface area (Å²) in [5.74, 6) is 0. The summed E-state index contributed by atoms with van der Waals surface area (Å²) in [4.78, 5) is 0. The molecule has 0 bridgehead atoms. The molecule has 0 aliphatic heterocycles. The Labute approximate surface area is 56.4 Å². The van der Waals surface area contributed by atoms with Gasteiger partial charge in [0, 0.05) is 6.04 Å². The van der Waals surface area contributed by atoms with Crippen LogP contribution in [0.5, 0.6) is 0 Å². The molecule has 0 amide bonds. The monoisotopic (exact) mass is 129 g/mol. The van der Waals surface area contributed by atoms with Gasteiger partial charge in [0.05, 0.1) is 6.61 Å². The highest BCUT2D eigenvalue weighted by molar-refractivity contribution is 4.68. The summed E-state index contributed by atoms with van der Waals surface area (Å²) < 4.78 is 0. The van der Waals surface area contributed by atoms with Gasteiger partial charge < -0.3 is 10.8 Å². The van der Waals surface area contributed by atoms with Gasteiger partial charge in [0.25, 0.3) is 0 Å². The van der Waals surface area contributed by atoms with E-state index in [9.17, 15) is 0 Å². The minimum absolute atomic E-state index is 0.0371. The van der Waals surface area contributed by atoms with Crippen LogP contribution in [0.15, 0.2) is 12.7 Å². The average molecular weight is 129 g/mol. The van der Waals surface area contributed by atoms with E-state index in [0.29, 0.717) is 0 Å². The standard InChI is InChI=1S/C7H15NO/c1-2-3-4-5-7(8)6-9/h2,7,9H,1,3-6,8H2. The lowest BCUT2D eigenvalue weighted by Crippen LogP contribution is -2.23. The van der Waals surface area contributed by atoms with Crippen LogP contribution in [0.1, 0.15) is 19.3 Å². The van der Waals surface area contributed by atoms with Crippen molar-refractivity contribution >= 4 is 0 Å². The van der Waals surface area contributed by atoms with Crippen LogP contribution in [0.25, 0.3) is 0 Å². The summed E-state index contributed by atoms with van der Waals surface area (Å²) in [6.07, 6.45) is 4.78. The van der Waals surface area contributed by atoms with Crippen molar-refractivity contribution in [3.63, 3.8) is 0 Å². The highest BCUT2D eigenvalue weighted by Crippen LogP contribution is 1.97. The number of aliphatic hydroxyl groups is 1. The third-order valence-electron chi connectivity index (χ3n) is 1.22. The van der Waals surface area contributed by atoms with Crippen molar-refractivity contribution in [3.05, 3.63) is 12.7 Å². The van der Waals surface area contributed by atoms with Gasteiger partial charge in [-0.05, 0) is 19.3 Å². The maximum absolute atomic E-state index is 8.48. The smallest absolute Gasteiger partial charge is 0.0582 e. The Balaban J connectivity index is 2.96. The van der Waals surface area contributed by atoms with Crippen LogP contribution >= 0.6 is 0 Å². The third-order valence-corrected chi connectivity index (χ3v) is 1.22. The minimum atomic E-state index is -0.0371. The third kappa shape index (κ3) is 5.53. The molecule has 0 radical (unpaired) electrons. The zero-order valence-corrected chi connectivity index (χ0v) is 5.71. The molecule has 0 spiro atoms. The summed E-state index contributed by atoms with van der Waals surface area (Å²) >= 11 is 0. The maximum Gasteiger partial charge on any atom is 0.0582 e. The quantitative estimate of drug-likeness (QED) is 0.423. The predicted molar refractivity (Wildman–Crippen MR) is 39.1 cm³/mol. The summed E-state index contributed by atoms with van der Waals surface area (Å²) in [6.45, 7) is 3.67. The first-order valence-corrected chi connectivity index (χ1v) is 3.28. The molecular formula is C7H15NO. The van der Waals surface area contributed by atoms with Crippen LogP contribution in [-0.2, 0) is 0 Å². The van der Waals surface area contributed by atoms with Gasteiger partial charge in [-0.3, -0.25) is 0 Å². The van der Waals surface area contributed by atoms with Crippen LogP contribution in [0.2, 0.25) is 0 Å². The van der Waals surface area contributed by atoms with Crippen molar-refractivity contribution in [2.45, 2.75) is 25.3 Å². The number of hydrogen-bond acceptors (Lipinski definition) is 2. The molecule has 0 fully saturated rings. The van der Waals surface area contributed by atoms with Crippen molar-refractivity contribution in [2.75, 3.05) is 6.61 Å². The molecule has 0 saturated heterocycles. The Bertz CT molecular complexity index is 73.3. The number of rotatable bonds is 5. The van der Waals surface area contributed by atoms with Crippen molar-refractivity contribution in [1.82, 2.24) is 0 Å². The fourth-order valence-corrected chi connectivity index (χ4v) is 0.616. The number of nitrogens with two attached hydrogens (primary N) is 1. The Morgan fingerprint density at radius 2 is 2.33 bits per heavy atom. The predicted octanol–water partition coefficient (Wildman–Crippen LogP) is 0.662. The molecule has 1 unspecified atom stereocenters. The van der Waals surface area contributed by atoms with E-state index in [4.69, 9.17) is 10.8 Å². The molecule has 0 aliphatic carbocycles. The Kier molecular flexibility index (Phi) is 5.57. The normalized spacial score (nSPS) is 13.1. The molecule has 0 aromatic heterocycles. The highest BCUT2D eigenvalue weighted by Gasteiger charge is 1.96. The molecule has 1 atom stereocenters. The molecular weight excluding hydrogens is 114 g/mol. The highest BCUT2D eigenvalue weighted by atomic mass is 16.3. The first-order chi connectivity index (χ1) is 4.31. The van der Waals surface area contributed by atoms with Crippen LogP contribution in [-0.4, -0.2) is 17.8 Å². The van der Waals surface area contributed by atoms with E-state index in [2.05, 4.69) is 6.58 Å². The van der Waals surface area contributed by atoms with Crippen molar-refractivity contribution < 1.29 is 5.11 Å². The Morgan fingerprint density at radius 3 is 2.78 bits per heavy atom. The van der Waals surface area contributed by atoms with Gasteiger partial charge in [0.15, 0.2) is 0 Å². The van der Waals surface area contributed by atoms with E-state index < -0.39 is 0 Å². The van der Waals surface area contributed by atoms with Crippen LogP contribution in [0.4, 0.5) is 0 Å². The molecule has 0 aromatic rings. The SMILES string of the molecule is C=CCCCC(N)CO. The van der Waals surface area contributed by atoms with Gasteiger partial charge in [0.2, 0.25) is 0 Å². The van der Waals surface area contributed by atoms with E-state index in [-0.39, 0.29) is 12.6 Å². The molecule has 0 saturated carbocycles. The van der Waals surface area contributed by atoms with Crippen molar-refractivity contribution in [2.24, 2.45) is 5.73 Å². The van der Waals surface area contributed by atoms with Gasteiger partial charge in [-0.15, -0.1) is 6.58 Å². The van der Waals surface area contributed by atoms with Gasteiger partial charge in [-0.25, -0.2) is 0 Å². The zero-order chi connectivity index (χ0) is 7.11. The van der Waals surface area contributed by atoms with E-state index in [0.717, 1.165) is 19.3 Å². The van der Waals surface area contributed by atoms with Gasteiger partial charge in [-0.1, -0.05) is 6.08 Å². The minimum Gasteiger partial charge on any atom is -0.395 e. The molecule has 2 heteroatoms. The fourth-order valence-electron chi connectivity index (χ4n) is 0.616. The van der Waals surface area contributed by atoms with Gasteiger partial charge >= 0.3 is 0 Å². The summed E-state index contributed by atoms with van der Waals surface area (Å²) in [5.41, 5.74) is 5.43. The number of hydrogen-bond donors (Lipinski definition) is 2. The molecule has 9 heavy (non-hydrogen) atoms. The number of allylic oxidation sites excluding steroid dienone is 1. The second-order valence-corrected chi connectivity index (χ2v) is 2.16. The summed E-state index contributed by atoms with van der Waals surface area (Å²) in [6, 6.07) is -0.0371. The van der Waals surface area contributed by atoms with Gasteiger partial charge in [0.1, 0.15) is 0 Å². The molecule has 0 rings (SSSR count). The van der Waals surface area contributed by atoms with E-state index in [1.165, 1.54) is 0 Å². The largest absolute Gasteiger partial charge is 0.395 e. The molecule has 2 nitrogen and oxygen atoms in total. The van der Waals surface area contributed by atoms with Gasteiger partial charge in [-0.2, -0.15) is 0 Å². The van der Waals surface area contributed by atoms with E-state index in [1.54, 1.807) is 0 Å². The molecule has 0 aromatic carbocycles. The average Bonchev–Trinajstić information content (AvgIpc) is 1.89.